The summed E-state index contributed by atoms with van der Waals surface area (Å²) in [4.78, 5) is 11.2. The first kappa shape index (κ1) is 16.3. The molecule has 0 atom stereocenters. The molecule has 0 spiro atoms. The second kappa shape index (κ2) is 7.84. The van der Waals surface area contributed by atoms with Gasteiger partial charge in [0.15, 0.2) is 0 Å². The van der Waals surface area contributed by atoms with Crippen molar-refractivity contribution in [3.8, 4) is 5.75 Å². The lowest BCUT2D eigenvalue weighted by Crippen LogP contribution is -2.02. The van der Waals surface area contributed by atoms with E-state index in [-0.39, 0.29) is 0 Å². The van der Waals surface area contributed by atoms with E-state index in [2.05, 4.69) is 17.2 Å². The quantitative estimate of drug-likeness (QED) is 0.367. The molecule has 2 N–H and O–H groups in total. The molecule has 4 nitrogen and oxygen atoms in total. The lowest BCUT2D eigenvalue weighted by molar-refractivity contribution is -0.128. The number of hydrogen-bond acceptors (Lipinski definition) is 4. The number of esters is 1. The molecule has 0 unspecified atom stereocenters. The normalized spacial score (nSPS) is 9.92. The molecule has 0 bridgehead atoms. The average molecular weight is 330 g/mol. The molecule has 4 heteroatoms. The highest BCUT2D eigenvalue weighted by molar-refractivity contribution is 5.83. The zero-order valence-corrected chi connectivity index (χ0v) is 13.6. The van der Waals surface area contributed by atoms with Gasteiger partial charge in [-0.25, -0.2) is 4.79 Å². The van der Waals surface area contributed by atoms with E-state index in [1.54, 1.807) is 12.1 Å². The molecule has 0 radical (unpaired) electrons. The minimum absolute atomic E-state index is 0.470. The molecule has 0 aliphatic carbocycles. The number of ether oxygens (including phenoxy) is 1. The Hall–Kier alpha value is -3.53. The lowest BCUT2D eigenvalue weighted by atomic mass is 10.2. The van der Waals surface area contributed by atoms with Crippen LogP contribution >= 0.6 is 0 Å². The number of anilines is 4. The monoisotopic (exact) mass is 330 g/mol. The fraction of sp³-hybridized carbons (Fsp3) is 0. The Labute approximate surface area is 146 Å². The van der Waals surface area contributed by atoms with Crippen molar-refractivity contribution in [3.05, 3.63) is 91.5 Å². The number of hydrogen-bond donors (Lipinski definition) is 2. The van der Waals surface area contributed by atoms with Crippen molar-refractivity contribution in [2.45, 2.75) is 0 Å². The molecule has 0 aliphatic heterocycles. The van der Waals surface area contributed by atoms with Crippen LogP contribution in [0.2, 0.25) is 0 Å². The zero-order chi connectivity index (χ0) is 17.5. The number of carbonyl (C=O) groups excluding carboxylic acids is 1. The summed E-state index contributed by atoms with van der Waals surface area (Å²) in [6.45, 7) is 3.37. The third kappa shape index (κ3) is 4.72. The van der Waals surface area contributed by atoms with Crippen LogP contribution in [0.1, 0.15) is 0 Å². The van der Waals surface area contributed by atoms with Crippen LogP contribution in [-0.4, -0.2) is 5.97 Å². The minimum atomic E-state index is -0.470. The van der Waals surface area contributed by atoms with Crippen molar-refractivity contribution in [2.75, 3.05) is 10.6 Å². The topological polar surface area (TPSA) is 50.4 Å². The standard InChI is InChI=1S/C21H18N2O2/c1-2-21(24)25-20-14-12-19(13-15-20)23-18-10-8-17(9-11-18)22-16-6-4-3-5-7-16/h2-15,22-23H,1H2. The first-order chi connectivity index (χ1) is 12.2. The van der Waals surface area contributed by atoms with Crippen LogP contribution in [0.15, 0.2) is 91.5 Å². The molecule has 0 fully saturated rings. The predicted molar refractivity (Wildman–Crippen MR) is 102 cm³/mol. The molecule has 0 amide bonds. The largest absolute Gasteiger partial charge is 0.423 e. The predicted octanol–water partition coefficient (Wildman–Crippen LogP) is 5.27. The smallest absolute Gasteiger partial charge is 0.335 e. The molecule has 0 saturated carbocycles. The first-order valence-electron chi connectivity index (χ1n) is 7.86. The first-order valence-corrected chi connectivity index (χ1v) is 7.86. The van der Waals surface area contributed by atoms with Crippen LogP contribution in [0, 0.1) is 0 Å². The highest BCUT2D eigenvalue weighted by Crippen LogP contribution is 2.23. The van der Waals surface area contributed by atoms with Gasteiger partial charge in [-0.1, -0.05) is 24.8 Å². The van der Waals surface area contributed by atoms with Gasteiger partial charge in [0, 0.05) is 28.8 Å². The summed E-state index contributed by atoms with van der Waals surface area (Å²) in [5, 5.41) is 6.64. The maximum absolute atomic E-state index is 11.2. The third-order valence-corrected chi connectivity index (χ3v) is 3.48. The van der Waals surface area contributed by atoms with Gasteiger partial charge < -0.3 is 15.4 Å². The van der Waals surface area contributed by atoms with Crippen molar-refractivity contribution in [3.63, 3.8) is 0 Å². The van der Waals surface area contributed by atoms with Crippen LogP contribution < -0.4 is 15.4 Å². The van der Waals surface area contributed by atoms with Crippen molar-refractivity contribution in [1.82, 2.24) is 0 Å². The molecule has 0 aromatic heterocycles. The second-order valence-electron chi connectivity index (χ2n) is 5.34. The highest BCUT2D eigenvalue weighted by atomic mass is 16.5. The number of para-hydroxylation sites is 1. The van der Waals surface area contributed by atoms with E-state index >= 15 is 0 Å². The van der Waals surface area contributed by atoms with Crippen molar-refractivity contribution < 1.29 is 9.53 Å². The molecule has 0 heterocycles. The molecule has 3 aromatic carbocycles. The van der Waals surface area contributed by atoms with Gasteiger partial charge in [0.2, 0.25) is 0 Å². The maximum atomic E-state index is 11.2. The molecule has 0 saturated heterocycles. The van der Waals surface area contributed by atoms with E-state index in [0.29, 0.717) is 5.75 Å². The summed E-state index contributed by atoms with van der Waals surface area (Å²) in [6, 6.07) is 25.2. The van der Waals surface area contributed by atoms with Gasteiger partial charge in [0.25, 0.3) is 0 Å². The van der Waals surface area contributed by atoms with Gasteiger partial charge in [0.05, 0.1) is 0 Å². The average Bonchev–Trinajstić information content (AvgIpc) is 2.66. The Morgan fingerprint density at radius 3 is 1.64 bits per heavy atom. The molecule has 3 rings (SSSR count). The molecule has 3 aromatic rings. The van der Waals surface area contributed by atoms with E-state index < -0.39 is 5.97 Å². The van der Waals surface area contributed by atoms with Crippen molar-refractivity contribution in [2.24, 2.45) is 0 Å². The third-order valence-electron chi connectivity index (χ3n) is 3.48. The Kier molecular flexibility index (Phi) is 5.12. The molecular formula is C21H18N2O2. The zero-order valence-electron chi connectivity index (χ0n) is 13.6. The number of rotatable bonds is 6. The summed E-state index contributed by atoms with van der Waals surface area (Å²) in [5.74, 6) is 0.0140. The summed E-state index contributed by atoms with van der Waals surface area (Å²) in [6.07, 6.45) is 1.14. The molecular weight excluding hydrogens is 312 g/mol. The number of nitrogens with one attached hydrogen (secondary N) is 2. The molecule has 124 valence electrons. The van der Waals surface area contributed by atoms with Crippen LogP contribution in [0.5, 0.6) is 5.75 Å². The Morgan fingerprint density at radius 1 is 0.720 bits per heavy atom. The van der Waals surface area contributed by atoms with Gasteiger partial charge in [-0.2, -0.15) is 0 Å². The summed E-state index contributed by atoms with van der Waals surface area (Å²) in [5.41, 5.74) is 3.94. The van der Waals surface area contributed by atoms with Crippen LogP contribution in [0.25, 0.3) is 0 Å². The summed E-state index contributed by atoms with van der Waals surface area (Å²) >= 11 is 0. The highest BCUT2D eigenvalue weighted by Gasteiger charge is 2.01. The summed E-state index contributed by atoms with van der Waals surface area (Å²) < 4.78 is 5.05. The number of benzene rings is 3. The summed E-state index contributed by atoms with van der Waals surface area (Å²) in [7, 11) is 0. The maximum Gasteiger partial charge on any atom is 0.335 e. The fourth-order valence-corrected chi connectivity index (χ4v) is 2.26. The second-order valence-corrected chi connectivity index (χ2v) is 5.34. The van der Waals surface area contributed by atoms with Crippen LogP contribution in [0.3, 0.4) is 0 Å². The molecule has 25 heavy (non-hydrogen) atoms. The lowest BCUT2D eigenvalue weighted by Gasteiger charge is -2.10. The van der Waals surface area contributed by atoms with Gasteiger partial charge in [-0.15, -0.1) is 0 Å². The van der Waals surface area contributed by atoms with Gasteiger partial charge in [-0.05, 0) is 60.7 Å². The Balaban J connectivity index is 1.61. The molecule has 0 aliphatic rings. The fourth-order valence-electron chi connectivity index (χ4n) is 2.26. The van der Waals surface area contributed by atoms with E-state index in [1.165, 1.54) is 0 Å². The number of carbonyl (C=O) groups is 1. The van der Waals surface area contributed by atoms with E-state index in [4.69, 9.17) is 4.74 Å². The Bertz CT molecular complexity index is 841. The van der Waals surface area contributed by atoms with Gasteiger partial charge in [-0.3, -0.25) is 0 Å². The van der Waals surface area contributed by atoms with Crippen LogP contribution in [-0.2, 0) is 4.79 Å². The van der Waals surface area contributed by atoms with Crippen LogP contribution in [0.4, 0.5) is 22.7 Å². The van der Waals surface area contributed by atoms with E-state index in [1.807, 2.05) is 66.7 Å². The SMILES string of the molecule is C=CC(=O)Oc1ccc(Nc2ccc(Nc3ccccc3)cc2)cc1. The van der Waals surface area contributed by atoms with Gasteiger partial charge >= 0.3 is 5.97 Å². The van der Waals surface area contributed by atoms with Crippen molar-refractivity contribution >= 4 is 28.7 Å². The van der Waals surface area contributed by atoms with Crippen molar-refractivity contribution in [1.29, 1.82) is 0 Å². The minimum Gasteiger partial charge on any atom is -0.423 e. The van der Waals surface area contributed by atoms with E-state index in [9.17, 15) is 4.79 Å². The Morgan fingerprint density at radius 2 is 1.16 bits per heavy atom. The van der Waals surface area contributed by atoms with Gasteiger partial charge in [0.1, 0.15) is 5.75 Å². The van der Waals surface area contributed by atoms with E-state index in [0.717, 1.165) is 28.8 Å².